The lowest BCUT2D eigenvalue weighted by atomic mass is 9.77. The number of carbonyl (C=O) groups is 1. The summed E-state index contributed by atoms with van der Waals surface area (Å²) in [5, 5.41) is 24.0. The number of carboxylic acid groups (broad SMARTS) is 1. The second-order valence-electron chi connectivity index (χ2n) is 8.53. The van der Waals surface area contributed by atoms with Gasteiger partial charge in [-0.25, -0.2) is 9.18 Å². The van der Waals surface area contributed by atoms with Crippen molar-refractivity contribution in [1.82, 2.24) is 0 Å². The van der Waals surface area contributed by atoms with Gasteiger partial charge in [-0.3, -0.25) is 10.1 Å². The van der Waals surface area contributed by atoms with E-state index in [1.807, 2.05) is 0 Å². The van der Waals surface area contributed by atoms with Crippen LogP contribution in [0, 0.1) is 21.8 Å². The Morgan fingerprint density at radius 1 is 1.15 bits per heavy atom. The van der Waals surface area contributed by atoms with E-state index in [-0.39, 0.29) is 45.6 Å². The van der Waals surface area contributed by atoms with Crippen molar-refractivity contribution in [3.8, 4) is 0 Å². The van der Waals surface area contributed by atoms with Gasteiger partial charge in [-0.15, -0.1) is 23.4 Å². The Bertz CT molecular complexity index is 1270. The molecule has 1 heterocycles. The number of halogens is 2. The van der Waals surface area contributed by atoms with Crippen molar-refractivity contribution in [1.29, 1.82) is 0 Å². The Labute approximate surface area is 204 Å². The molecule has 0 saturated heterocycles. The minimum Gasteiger partial charge on any atom is -0.478 e. The van der Waals surface area contributed by atoms with Gasteiger partial charge in [-0.05, 0) is 59.9 Å². The Hall–Kier alpha value is -3.10. The number of hydrogen-bond acceptors (Lipinski definition) is 5. The zero-order chi connectivity index (χ0) is 24.0. The van der Waals surface area contributed by atoms with Crippen LogP contribution in [0.4, 0.5) is 15.8 Å². The van der Waals surface area contributed by atoms with E-state index in [0.29, 0.717) is 11.3 Å². The number of nitro benzene ring substituents is 1. The van der Waals surface area contributed by atoms with Crippen LogP contribution in [-0.2, 0) is 0 Å². The fraction of sp³-hybridized carbons (Fsp3) is 0.240. The van der Waals surface area contributed by atoms with Crippen molar-refractivity contribution >= 4 is 40.7 Å². The van der Waals surface area contributed by atoms with Gasteiger partial charge in [0.15, 0.2) is 0 Å². The van der Waals surface area contributed by atoms with E-state index in [4.69, 9.17) is 11.6 Å². The predicted molar refractivity (Wildman–Crippen MR) is 129 cm³/mol. The zero-order valence-electron chi connectivity index (χ0n) is 17.7. The molecule has 0 unspecified atom stereocenters. The van der Waals surface area contributed by atoms with E-state index >= 15 is 0 Å². The number of anilines is 1. The molecule has 0 aromatic heterocycles. The molecule has 174 valence electrons. The van der Waals surface area contributed by atoms with E-state index in [1.54, 1.807) is 48.5 Å². The predicted octanol–water partition coefficient (Wildman–Crippen LogP) is 6.47. The molecule has 1 aliphatic carbocycles. The summed E-state index contributed by atoms with van der Waals surface area (Å²) >= 11 is 8.43. The van der Waals surface area contributed by atoms with Gasteiger partial charge >= 0.3 is 5.97 Å². The van der Waals surface area contributed by atoms with Crippen LogP contribution in [0.5, 0.6) is 0 Å². The van der Waals surface area contributed by atoms with Crippen molar-refractivity contribution in [2.24, 2.45) is 5.92 Å². The minimum atomic E-state index is -1.02. The molecule has 2 N–H and O–H groups in total. The monoisotopic (exact) mass is 498 g/mol. The molecule has 0 bridgehead atoms. The number of benzene rings is 3. The van der Waals surface area contributed by atoms with Gasteiger partial charge in [0.05, 0.1) is 26.8 Å². The molecule has 2 aliphatic rings. The van der Waals surface area contributed by atoms with Crippen molar-refractivity contribution in [2.45, 2.75) is 33.9 Å². The van der Waals surface area contributed by atoms with Crippen LogP contribution in [-0.4, -0.2) is 26.6 Å². The third-order valence-corrected chi connectivity index (χ3v) is 8.74. The van der Waals surface area contributed by atoms with Crippen LogP contribution in [0.3, 0.4) is 0 Å². The molecule has 34 heavy (non-hydrogen) atoms. The molecule has 0 amide bonds. The molecule has 0 spiro atoms. The molecular formula is C25H20ClFN2O4S. The molecule has 1 aliphatic heterocycles. The first-order valence-corrected chi connectivity index (χ1v) is 12.1. The quantitative estimate of drug-likeness (QED) is 0.238. The first kappa shape index (κ1) is 22.7. The van der Waals surface area contributed by atoms with Gasteiger partial charge in [-0.1, -0.05) is 24.3 Å². The van der Waals surface area contributed by atoms with Gasteiger partial charge < -0.3 is 10.4 Å². The maximum Gasteiger partial charge on any atom is 0.335 e. The summed E-state index contributed by atoms with van der Waals surface area (Å²) in [7, 11) is 0. The third-order valence-electron chi connectivity index (χ3n) is 6.63. The van der Waals surface area contributed by atoms with E-state index in [9.17, 15) is 24.4 Å². The molecule has 5 atom stereocenters. The number of rotatable bonds is 5. The van der Waals surface area contributed by atoms with Crippen molar-refractivity contribution < 1.29 is 19.2 Å². The fourth-order valence-electron chi connectivity index (χ4n) is 5.12. The largest absolute Gasteiger partial charge is 0.478 e. The average Bonchev–Trinajstić information content (AvgIpc) is 3.15. The van der Waals surface area contributed by atoms with Gasteiger partial charge in [0.25, 0.3) is 5.69 Å². The molecule has 3 aromatic rings. The van der Waals surface area contributed by atoms with E-state index in [2.05, 4.69) is 5.32 Å². The van der Waals surface area contributed by atoms with Crippen LogP contribution in [0.15, 0.2) is 71.6 Å². The number of aromatic carboxylic acids is 1. The number of para-hydroxylation sites is 1. The summed E-state index contributed by atoms with van der Waals surface area (Å²) in [6, 6.07) is 17.7. The van der Waals surface area contributed by atoms with Crippen LogP contribution in [0.1, 0.15) is 39.9 Å². The number of nitrogens with one attached hydrogen (secondary N) is 1. The molecule has 1 saturated carbocycles. The first-order valence-electron chi connectivity index (χ1n) is 10.8. The van der Waals surface area contributed by atoms with Crippen LogP contribution in [0.25, 0.3) is 0 Å². The highest BCUT2D eigenvalue weighted by Gasteiger charge is 2.50. The maximum absolute atomic E-state index is 13.6. The number of thioether (sulfide) groups is 1. The lowest BCUT2D eigenvalue weighted by molar-refractivity contribution is -0.387. The number of alkyl halides is 1. The topological polar surface area (TPSA) is 92.5 Å². The number of fused-ring (bicyclic) bond motifs is 3. The first-order chi connectivity index (χ1) is 16.3. The summed E-state index contributed by atoms with van der Waals surface area (Å²) in [6.07, 6.45) is 0.654. The lowest BCUT2D eigenvalue weighted by Gasteiger charge is -2.38. The van der Waals surface area contributed by atoms with Gasteiger partial charge in [-0.2, -0.15) is 0 Å². The highest BCUT2D eigenvalue weighted by Crippen LogP contribution is 2.58. The molecule has 9 heteroatoms. The van der Waals surface area contributed by atoms with Crippen LogP contribution in [0.2, 0.25) is 0 Å². The van der Waals surface area contributed by atoms with Gasteiger partial charge in [0.2, 0.25) is 0 Å². The number of hydrogen-bond donors (Lipinski definition) is 2. The van der Waals surface area contributed by atoms with Crippen molar-refractivity contribution in [2.75, 3.05) is 5.32 Å². The lowest BCUT2D eigenvalue weighted by Crippen LogP contribution is -2.31. The number of nitro groups is 1. The van der Waals surface area contributed by atoms with E-state index in [0.717, 1.165) is 16.8 Å². The molecule has 1 fully saturated rings. The second kappa shape index (κ2) is 8.92. The summed E-state index contributed by atoms with van der Waals surface area (Å²) in [5.41, 5.74) is 2.74. The van der Waals surface area contributed by atoms with E-state index in [1.165, 1.54) is 30.0 Å². The van der Waals surface area contributed by atoms with Crippen LogP contribution < -0.4 is 5.32 Å². The maximum atomic E-state index is 13.6. The van der Waals surface area contributed by atoms with E-state index < -0.39 is 10.9 Å². The second-order valence-corrected chi connectivity index (χ2v) is 10.3. The summed E-state index contributed by atoms with van der Waals surface area (Å²) in [6.45, 7) is 0. The SMILES string of the molecule is O=C(O)c1ccc2c(c1)[C@@H]1[C@H](Cl)[C@H](Sc3ccccc3[N+](=O)[O-])C[C@H]1[C@H](c1ccc(F)cc1)N2. The summed E-state index contributed by atoms with van der Waals surface area (Å²) in [4.78, 5) is 23.3. The van der Waals surface area contributed by atoms with Crippen LogP contribution >= 0.6 is 23.4 Å². The number of nitrogens with zero attached hydrogens (tertiary/aromatic N) is 1. The Morgan fingerprint density at radius 3 is 2.59 bits per heavy atom. The average molecular weight is 499 g/mol. The highest BCUT2D eigenvalue weighted by molar-refractivity contribution is 8.00. The Balaban J connectivity index is 1.55. The summed E-state index contributed by atoms with van der Waals surface area (Å²) < 4.78 is 13.6. The molecule has 6 nitrogen and oxygen atoms in total. The summed E-state index contributed by atoms with van der Waals surface area (Å²) in [5.74, 6) is -1.53. The highest BCUT2D eigenvalue weighted by atomic mass is 35.5. The molecule has 5 rings (SSSR count). The molecule has 3 aromatic carbocycles. The molecular weight excluding hydrogens is 479 g/mol. The minimum absolute atomic E-state index is 0.00947. The fourth-order valence-corrected chi connectivity index (χ4v) is 7.06. The standard InChI is InChI=1S/C25H20ClFN2O4S/c26-23-21(34-20-4-2-1-3-19(20)29(32)33)12-17-22(23)16-11-14(25(30)31)7-10-18(16)28-24(17)13-5-8-15(27)9-6-13/h1-11,17,21-24,28H,12H2,(H,30,31)/t17-,21-,22+,23-,24+/m1/s1. The third kappa shape index (κ3) is 4.01. The Kier molecular flexibility index (Phi) is 5.95. The smallest absolute Gasteiger partial charge is 0.335 e. The normalized spacial score (nSPS) is 25.2. The Morgan fingerprint density at radius 2 is 1.88 bits per heavy atom. The molecule has 0 radical (unpaired) electrons. The van der Waals surface area contributed by atoms with Crippen molar-refractivity contribution in [3.63, 3.8) is 0 Å². The zero-order valence-corrected chi connectivity index (χ0v) is 19.3. The van der Waals surface area contributed by atoms with Gasteiger partial charge in [0, 0.05) is 22.9 Å². The number of carboxylic acids is 1. The van der Waals surface area contributed by atoms with Gasteiger partial charge in [0.1, 0.15) is 5.82 Å². The van der Waals surface area contributed by atoms with Crippen molar-refractivity contribution in [3.05, 3.63) is 99.4 Å².